The lowest BCUT2D eigenvalue weighted by molar-refractivity contribution is 0.0694. The van der Waals surface area contributed by atoms with Crippen LogP contribution in [0.3, 0.4) is 0 Å². The molecule has 1 fully saturated rings. The molecule has 3 rings (SSSR count). The highest BCUT2D eigenvalue weighted by atomic mass is 32.2. The fourth-order valence-electron chi connectivity index (χ4n) is 3.18. The number of thioether (sulfide) groups is 1. The Morgan fingerprint density at radius 1 is 1.03 bits per heavy atom. The Hall–Kier alpha value is -2.52. The first-order valence-corrected chi connectivity index (χ1v) is 11.9. The van der Waals surface area contributed by atoms with Gasteiger partial charge < -0.3 is 10.0 Å². The first kappa shape index (κ1) is 21.2. The standard InChI is InChI=1S/C20H22N2O5S2/c1-28-18-10-9-16(13-17(18)19(23)22-11-3-2-4-12-22)29(26,27)21-15-7-5-14(6-8-15)20(24)25/h5-10,13,21H,2-4,11-12H2,1H3,(H,24,25). The zero-order valence-corrected chi connectivity index (χ0v) is 17.6. The second kappa shape index (κ2) is 8.87. The topological polar surface area (TPSA) is 104 Å². The molecule has 0 saturated carbocycles. The van der Waals surface area contributed by atoms with Gasteiger partial charge in [0.1, 0.15) is 0 Å². The molecule has 154 valence electrons. The first-order valence-electron chi connectivity index (χ1n) is 9.15. The van der Waals surface area contributed by atoms with Crippen LogP contribution in [0.5, 0.6) is 0 Å². The predicted octanol–water partition coefficient (Wildman–Crippen LogP) is 3.53. The molecule has 7 nitrogen and oxygen atoms in total. The van der Waals surface area contributed by atoms with Gasteiger partial charge in [0.15, 0.2) is 0 Å². The summed E-state index contributed by atoms with van der Waals surface area (Å²) >= 11 is 1.40. The van der Waals surface area contributed by atoms with Crippen molar-refractivity contribution in [3.63, 3.8) is 0 Å². The van der Waals surface area contributed by atoms with Crippen molar-refractivity contribution >= 4 is 39.3 Å². The van der Waals surface area contributed by atoms with Crippen molar-refractivity contribution in [1.82, 2.24) is 4.90 Å². The summed E-state index contributed by atoms with van der Waals surface area (Å²) in [5, 5.41) is 8.95. The largest absolute Gasteiger partial charge is 0.478 e. The Balaban J connectivity index is 1.88. The monoisotopic (exact) mass is 434 g/mol. The summed E-state index contributed by atoms with van der Waals surface area (Å²) in [5.41, 5.74) is 0.683. The number of carbonyl (C=O) groups is 2. The van der Waals surface area contributed by atoms with Gasteiger partial charge >= 0.3 is 5.97 Å². The second-order valence-electron chi connectivity index (χ2n) is 6.70. The lowest BCUT2D eigenvalue weighted by Gasteiger charge is -2.27. The van der Waals surface area contributed by atoms with Crippen LogP contribution in [0.1, 0.15) is 40.0 Å². The Kier molecular flexibility index (Phi) is 6.49. The van der Waals surface area contributed by atoms with Gasteiger partial charge in [-0.05, 0) is 68.0 Å². The average Bonchev–Trinajstić information content (AvgIpc) is 2.73. The number of rotatable bonds is 6. The van der Waals surface area contributed by atoms with Gasteiger partial charge in [0, 0.05) is 23.7 Å². The van der Waals surface area contributed by atoms with Crippen LogP contribution in [0.15, 0.2) is 52.3 Å². The van der Waals surface area contributed by atoms with Crippen molar-refractivity contribution in [3.05, 3.63) is 53.6 Å². The Morgan fingerprint density at radius 2 is 1.69 bits per heavy atom. The number of benzene rings is 2. The summed E-state index contributed by atoms with van der Waals surface area (Å²) in [4.78, 5) is 26.4. The number of carboxylic acid groups (broad SMARTS) is 1. The van der Waals surface area contributed by atoms with Gasteiger partial charge in [-0.1, -0.05) is 0 Å². The molecule has 0 atom stereocenters. The molecule has 2 N–H and O–H groups in total. The number of aromatic carboxylic acids is 1. The molecule has 1 heterocycles. The maximum atomic E-state index is 13.0. The zero-order chi connectivity index (χ0) is 21.0. The van der Waals surface area contributed by atoms with Crippen LogP contribution >= 0.6 is 11.8 Å². The number of anilines is 1. The van der Waals surface area contributed by atoms with Crippen molar-refractivity contribution in [2.75, 3.05) is 24.1 Å². The molecule has 2 aromatic rings. The van der Waals surface area contributed by atoms with Gasteiger partial charge in [0.25, 0.3) is 15.9 Å². The van der Waals surface area contributed by atoms with Crippen molar-refractivity contribution in [2.45, 2.75) is 29.1 Å². The van der Waals surface area contributed by atoms with Gasteiger partial charge in [-0.3, -0.25) is 9.52 Å². The molecule has 0 spiro atoms. The minimum atomic E-state index is -3.94. The lowest BCUT2D eigenvalue weighted by Crippen LogP contribution is -2.36. The predicted molar refractivity (Wildman–Crippen MR) is 112 cm³/mol. The Morgan fingerprint density at radius 3 is 2.28 bits per heavy atom. The maximum Gasteiger partial charge on any atom is 0.335 e. The highest BCUT2D eigenvalue weighted by Gasteiger charge is 2.24. The van der Waals surface area contributed by atoms with Crippen LogP contribution in [0.25, 0.3) is 0 Å². The molecular weight excluding hydrogens is 412 g/mol. The van der Waals surface area contributed by atoms with E-state index < -0.39 is 16.0 Å². The van der Waals surface area contributed by atoms with Gasteiger partial charge in [-0.2, -0.15) is 0 Å². The number of hydrogen-bond donors (Lipinski definition) is 2. The molecule has 0 radical (unpaired) electrons. The average molecular weight is 435 g/mol. The highest BCUT2D eigenvalue weighted by Crippen LogP contribution is 2.27. The molecule has 0 bridgehead atoms. The van der Waals surface area contributed by atoms with Crippen molar-refractivity contribution in [1.29, 1.82) is 0 Å². The van der Waals surface area contributed by atoms with Gasteiger partial charge in [-0.15, -0.1) is 11.8 Å². The zero-order valence-electron chi connectivity index (χ0n) is 15.9. The normalized spacial score (nSPS) is 14.4. The molecule has 0 aliphatic carbocycles. The molecule has 0 unspecified atom stereocenters. The molecule has 0 aromatic heterocycles. The number of carboxylic acids is 1. The number of nitrogens with one attached hydrogen (secondary N) is 1. The van der Waals surface area contributed by atoms with Crippen LogP contribution < -0.4 is 4.72 Å². The van der Waals surface area contributed by atoms with E-state index in [9.17, 15) is 18.0 Å². The van der Waals surface area contributed by atoms with E-state index in [-0.39, 0.29) is 22.1 Å². The van der Waals surface area contributed by atoms with Gasteiger partial charge in [-0.25, -0.2) is 13.2 Å². The molecule has 1 aliphatic rings. The number of hydrogen-bond acceptors (Lipinski definition) is 5. The van der Waals surface area contributed by atoms with Crippen LogP contribution in [-0.2, 0) is 10.0 Å². The summed E-state index contributed by atoms with van der Waals surface area (Å²) in [7, 11) is -3.94. The summed E-state index contributed by atoms with van der Waals surface area (Å²) in [6, 6.07) is 9.94. The third kappa shape index (κ3) is 4.91. The maximum absolute atomic E-state index is 13.0. The number of sulfonamides is 1. The molecule has 1 amide bonds. The lowest BCUT2D eigenvalue weighted by atomic mass is 10.1. The fraction of sp³-hybridized carbons (Fsp3) is 0.300. The fourth-order valence-corrected chi connectivity index (χ4v) is 4.84. The van der Waals surface area contributed by atoms with Crippen LogP contribution in [0, 0.1) is 0 Å². The minimum absolute atomic E-state index is 0.0158. The van der Waals surface area contributed by atoms with E-state index in [0.717, 1.165) is 24.2 Å². The second-order valence-corrected chi connectivity index (χ2v) is 9.23. The molecular formula is C20H22N2O5S2. The van der Waals surface area contributed by atoms with E-state index in [1.165, 1.54) is 48.2 Å². The van der Waals surface area contributed by atoms with E-state index in [4.69, 9.17) is 5.11 Å². The van der Waals surface area contributed by atoms with E-state index >= 15 is 0 Å². The van der Waals surface area contributed by atoms with Gasteiger partial charge in [0.2, 0.25) is 0 Å². The summed E-state index contributed by atoms with van der Waals surface area (Å²) < 4.78 is 28.1. The summed E-state index contributed by atoms with van der Waals surface area (Å²) in [5.74, 6) is -1.25. The number of likely N-dealkylation sites (tertiary alicyclic amines) is 1. The number of nitrogens with zero attached hydrogens (tertiary/aromatic N) is 1. The van der Waals surface area contributed by atoms with Crippen LogP contribution in [0.2, 0.25) is 0 Å². The quantitative estimate of drug-likeness (QED) is 0.674. The van der Waals surface area contributed by atoms with Crippen LogP contribution in [0.4, 0.5) is 5.69 Å². The first-order chi connectivity index (χ1) is 13.8. The van der Waals surface area contributed by atoms with E-state index in [0.29, 0.717) is 18.7 Å². The SMILES string of the molecule is CSc1ccc(S(=O)(=O)Nc2ccc(C(=O)O)cc2)cc1C(=O)N1CCCCC1. The molecule has 1 aliphatic heterocycles. The van der Waals surface area contributed by atoms with Crippen LogP contribution in [-0.4, -0.2) is 49.6 Å². The number of carbonyl (C=O) groups excluding carboxylic acids is 1. The molecule has 2 aromatic carbocycles. The van der Waals surface area contributed by atoms with Crippen molar-refractivity contribution < 1.29 is 23.1 Å². The smallest absolute Gasteiger partial charge is 0.335 e. The Labute approximate surface area is 174 Å². The number of piperidine rings is 1. The Bertz CT molecular complexity index is 1010. The van der Waals surface area contributed by atoms with Crippen molar-refractivity contribution in [2.24, 2.45) is 0 Å². The third-order valence-electron chi connectivity index (χ3n) is 4.74. The molecule has 1 saturated heterocycles. The molecule has 9 heteroatoms. The third-order valence-corrected chi connectivity index (χ3v) is 6.91. The molecule has 29 heavy (non-hydrogen) atoms. The summed E-state index contributed by atoms with van der Waals surface area (Å²) in [6.45, 7) is 1.36. The van der Waals surface area contributed by atoms with E-state index in [1.807, 2.05) is 6.26 Å². The van der Waals surface area contributed by atoms with E-state index in [1.54, 1.807) is 11.0 Å². The minimum Gasteiger partial charge on any atom is -0.478 e. The highest BCUT2D eigenvalue weighted by molar-refractivity contribution is 7.98. The number of amides is 1. The van der Waals surface area contributed by atoms with E-state index in [2.05, 4.69) is 4.72 Å². The van der Waals surface area contributed by atoms with Gasteiger partial charge in [0.05, 0.1) is 16.0 Å². The van der Waals surface area contributed by atoms with Crippen molar-refractivity contribution in [3.8, 4) is 0 Å². The summed E-state index contributed by atoms with van der Waals surface area (Å²) in [6.07, 6.45) is 4.84.